The van der Waals surface area contributed by atoms with Crippen LogP contribution in [0, 0.1) is 5.92 Å². The van der Waals surface area contributed by atoms with Crippen LogP contribution in [0.15, 0.2) is 24.3 Å². The van der Waals surface area contributed by atoms with Crippen LogP contribution >= 0.6 is 0 Å². The Morgan fingerprint density at radius 2 is 2.07 bits per heavy atom. The van der Waals surface area contributed by atoms with Crippen LogP contribution in [0.3, 0.4) is 0 Å². The molecular formula is C11H13NO2. The van der Waals surface area contributed by atoms with Gasteiger partial charge in [-0.1, -0.05) is 26.0 Å². The largest absolute Gasteiger partial charge is 0.470 e. The van der Waals surface area contributed by atoms with Crippen molar-refractivity contribution in [2.24, 2.45) is 5.92 Å². The predicted octanol–water partition coefficient (Wildman–Crippen LogP) is 1.79. The van der Waals surface area contributed by atoms with Crippen molar-refractivity contribution in [3.8, 4) is 5.75 Å². The number of amides is 1. The van der Waals surface area contributed by atoms with E-state index in [-0.39, 0.29) is 18.1 Å². The Balaban J connectivity index is 2.33. The molecule has 1 aromatic carbocycles. The lowest BCUT2D eigenvalue weighted by Crippen LogP contribution is -2.46. The summed E-state index contributed by atoms with van der Waals surface area (Å²) in [5, 5.41) is 2.81. The molecule has 0 radical (unpaired) electrons. The van der Waals surface area contributed by atoms with Gasteiger partial charge in [-0.15, -0.1) is 0 Å². The van der Waals surface area contributed by atoms with E-state index in [9.17, 15) is 4.79 Å². The molecule has 74 valence electrons. The van der Waals surface area contributed by atoms with Gasteiger partial charge in [0.25, 0.3) is 5.91 Å². The van der Waals surface area contributed by atoms with Crippen LogP contribution in [0.25, 0.3) is 0 Å². The van der Waals surface area contributed by atoms with Crippen molar-refractivity contribution in [1.82, 2.24) is 5.32 Å². The molecule has 0 aromatic heterocycles. The van der Waals surface area contributed by atoms with Gasteiger partial charge in [0.05, 0.1) is 5.56 Å². The second-order valence-corrected chi connectivity index (χ2v) is 3.75. The van der Waals surface area contributed by atoms with E-state index in [2.05, 4.69) is 5.32 Å². The number of rotatable bonds is 1. The molecule has 0 saturated carbocycles. The number of hydrogen-bond donors (Lipinski definition) is 1. The first-order valence-corrected chi connectivity index (χ1v) is 4.75. The fourth-order valence-corrected chi connectivity index (χ4v) is 1.43. The highest BCUT2D eigenvalue weighted by Gasteiger charge is 2.26. The monoisotopic (exact) mass is 191 g/mol. The minimum absolute atomic E-state index is 0.0504. The van der Waals surface area contributed by atoms with Crippen molar-refractivity contribution in [3.63, 3.8) is 0 Å². The highest BCUT2D eigenvalue weighted by Crippen LogP contribution is 2.24. The minimum Gasteiger partial charge on any atom is -0.470 e. The summed E-state index contributed by atoms with van der Waals surface area (Å²) < 4.78 is 5.63. The van der Waals surface area contributed by atoms with E-state index in [1.165, 1.54) is 0 Å². The van der Waals surface area contributed by atoms with E-state index in [0.29, 0.717) is 11.3 Å². The number of carbonyl (C=O) groups excluding carboxylic acids is 1. The summed E-state index contributed by atoms with van der Waals surface area (Å²) in [6.45, 7) is 4.03. The fraction of sp³-hybridized carbons (Fsp3) is 0.364. The van der Waals surface area contributed by atoms with Gasteiger partial charge in [0.1, 0.15) is 5.75 Å². The fourth-order valence-electron chi connectivity index (χ4n) is 1.43. The molecule has 2 rings (SSSR count). The SMILES string of the molecule is CC(C)[C@@H]1NC(=O)c2ccccc2O1. The Labute approximate surface area is 83.1 Å². The third kappa shape index (κ3) is 1.45. The second-order valence-electron chi connectivity index (χ2n) is 3.75. The van der Waals surface area contributed by atoms with Gasteiger partial charge in [-0.25, -0.2) is 0 Å². The van der Waals surface area contributed by atoms with Crippen molar-refractivity contribution in [2.75, 3.05) is 0 Å². The second kappa shape index (κ2) is 3.33. The Kier molecular flexibility index (Phi) is 2.15. The first-order valence-electron chi connectivity index (χ1n) is 4.75. The zero-order valence-corrected chi connectivity index (χ0v) is 8.28. The highest BCUT2D eigenvalue weighted by molar-refractivity contribution is 5.97. The Morgan fingerprint density at radius 3 is 2.79 bits per heavy atom. The van der Waals surface area contributed by atoms with Crippen LogP contribution in [0.5, 0.6) is 5.75 Å². The Hall–Kier alpha value is -1.51. The maximum atomic E-state index is 11.6. The summed E-state index contributed by atoms with van der Waals surface area (Å²) in [4.78, 5) is 11.6. The van der Waals surface area contributed by atoms with Crippen LogP contribution in [0.2, 0.25) is 0 Å². The number of carbonyl (C=O) groups is 1. The van der Waals surface area contributed by atoms with E-state index in [1.807, 2.05) is 32.0 Å². The molecule has 0 aliphatic carbocycles. The maximum Gasteiger partial charge on any atom is 0.257 e. The molecule has 14 heavy (non-hydrogen) atoms. The van der Waals surface area contributed by atoms with E-state index in [4.69, 9.17) is 4.74 Å². The molecule has 1 heterocycles. The Morgan fingerprint density at radius 1 is 1.36 bits per heavy atom. The predicted molar refractivity (Wildman–Crippen MR) is 53.2 cm³/mol. The molecule has 3 nitrogen and oxygen atoms in total. The standard InChI is InChI=1S/C11H13NO2/c1-7(2)11-12-10(13)8-5-3-4-6-9(8)14-11/h3-7,11H,1-2H3,(H,12,13)/t11-/m1/s1. The quantitative estimate of drug-likeness (QED) is 0.735. The lowest BCUT2D eigenvalue weighted by Gasteiger charge is -2.29. The molecule has 1 atom stereocenters. The van der Waals surface area contributed by atoms with Crippen LogP contribution in [0.4, 0.5) is 0 Å². The van der Waals surface area contributed by atoms with Gasteiger partial charge in [-0.3, -0.25) is 4.79 Å². The van der Waals surface area contributed by atoms with Crippen molar-refractivity contribution in [1.29, 1.82) is 0 Å². The molecular weight excluding hydrogens is 178 g/mol. The van der Waals surface area contributed by atoms with Crippen LogP contribution in [-0.2, 0) is 0 Å². The lowest BCUT2D eigenvalue weighted by molar-refractivity contribution is 0.0644. The summed E-state index contributed by atoms with van der Waals surface area (Å²) in [6.07, 6.45) is -0.211. The molecule has 1 aliphatic heterocycles. The topological polar surface area (TPSA) is 38.3 Å². The summed E-state index contributed by atoms with van der Waals surface area (Å²) >= 11 is 0. The molecule has 1 aromatic rings. The van der Waals surface area contributed by atoms with Gasteiger partial charge in [-0.05, 0) is 12.1 Å². The highest BCUT2D eigenvalue weighted by atomic mass is 16.5. The Bertz CT molecular complexity index is 360. The van der Waals surface area contributed by atoms with Crippen LogP contribution in [-0.4, -0.2) is 12.1 Å². The van der Waals surface area contributed by atoms with Crippen LogP contribution < -0.4 is 10.1 Å². The first-order chi connectivity index (χ1) is 6.68. The van der Waals surface area contributed by atoms with Gasteiger partial charge in [0, 0.05) is 5.92 Å². The molecule has 1 N–H and O–H groups in total. The summed E-state index contributed by atoms with van der Waals surface area (Å²) in [5.74, 6) is 0.896. The average molecular weight is 191 g/mol. The van der Waals surface area contributed by atoms with Crippen molar-refractivity contribution >= 4 is 5.91 Å². The van der Waals surface area contributed by atoms with Crippen LogP contribution in [0.1, 0.15) is 24.2 Å². The van der Waals surface area contributed by atoms with Crippen molar-refractivity contribution < 1.29 is 9.53 Å². The van der Waals surface area contributed by atoms with E-state index >= 15 is 0 Å². The summed E-state index contributed by atoms with van der Waals surface area (Å²) in [5.41, 5.74) is 0.615. The molecule has 0 fully saturated rings. The number of nitrogens with one attached hydrogen (secondary N) is 1. The molecule has 1 amide bonds. The number of benzene rings is 1. The van der Waals surface area contributed by atoms with Gasteiger partial charge in [0.2, 0.25) is 0 Å². The first kappa shape index (κ1) is 9.06. The third-order valence-electron chi connectivity index (χ3n) is 2.26. The zero-order chi connectivity index (χ0) is 10.1. The molecule has 1 aliphatic rings. The van der Waals surface area contributed by atoms with Gasteiger partial charge < -0.3 is 10.1 Å². The normalized spacial score (nSPS) is 19.9. The lowest BCUT2D eigenvalue weighted by atomic mass is 10.1. The number of hydrogen-bond acceptors (Lipinski definition) is 2. The number of fused-ring (bicyclic) bond motifs is 1. The average Bonchev–Trinajstić information content (AvgIpc) is 2.17. The molecule has 0 bridgehead atoms. The van der Waals surface area contributed by atoms with E-state index in [0.717, 1.165) is 0 Å². The van der Waals surface area contributed by atoms with E-state index < -0.39 is 0 Å². The molecule has 0 spiro atoms. The van der Waals surface area contributed by atoms with Gasteiger partial charge >= 0.3 is 0 Å². The molecule has 3 heteroatoms. The smallest absolute Gasteiger partial charge is 0.257 e. The summed E-state index contributed by atoms with van der Waals surface area (Å²) in [7, 11) is 0. The molecule has 0 saturated heterocycles. The minimum atomic E-state index is -0.211. The number of ether oxygens (including phenoxy) is 1. The summed E-state index contributed by atoms with van der Waals surface area (Å²) in [6, 6.07) is 7.29. The zero-order valence-electron chi connectivity index (χ0n) is 8.28. The number of para-hydroxylation sites is 1. The van der Waals surface area contributed by atoms with Crippen molar-refractivity contribution in [2.45, 2.75) is 20.1 Å². The van der Waals surface area contributed by atoms with Gasteiger partial charge in [-0.2, -0.15) is 0 Å². The third-order valence-corrected chi connectivity index (χ3v) is 2.26. The van der Waals surface area contributed by atoms with Crippen molar-refractivity contribution in [3.05, 3.63) is 29.8 Å². The van der Waals surface area contributed by atoms with E-state index in [1.54, 1.807) is 6.07 Å². The molecule has 0 unspecified atom stereocenters. The maximum absolute atomic E-state index is 11.6. The van der Waals surface area contributed by atoms with Gasteiger partial charge in [0.15, 0.2) is 6.23 Å².